The van der Waals surface area contributed by atoms with Crippen molar-refractivity contribution in [1.29, 1.82) is 0 Å². The average molecular weight is 260 g/mol. The van der Waals surface area contributed by atoms with Gasteiger partial charge in [-0.1, -0.05) is 0 Å². The van der Waals surface area contributed by atoms with Crippen molar-refractivity contribution in [3.8, 4) is 0 Å². The SMILES string of the molecule is C[C@H](NC(=O)[C@H](CC(N)=O)NC(=O)CN)C(=O)O. The lowest BCUT2D eigenvalue weighted by molar-refractivity contribution is -0.141. The van der Waals surface area contributed by atoms with Gasteiger partial charge in [0.05, 0.1) is 13.0 Å². The number of carboxylic acids is 1. The van der Waals surface area contributed by atoms with Gasteiger partial charge >= 0.3 is 5.97 Å². The molecular formula is C9H16N4O5. The number of primary amides is 1. The van der Waals surface area contributed by atoms with Crippen molar-refractivity contribution in [1.82, 2.24) is 10.6 Å². The molecule has 2 atom stereocenters. The van der Waals surface area contributed by atoms with Crippen LogP contribution in [0.4, 0.5) is 0 Å². The molecule has 0 spiro atoms. The summed E-state index contributed by atoms with van der Waals surface area (Å²) in [5, 5.41) is 12.9. The highest BCUT2D eigenvalue weighted by atomic mass is 16.4. The molecular weight excluding hydrogens is 244 g/mol. The van der Waals surface area contributed by atoms with Crippen LogP contribution in [-0.2, 0) is 19.2 Å². The molecule has 0 rings (SSSR count). The third kappa shape index (κ3) is 5.80. The Morgan fingerprint density at radius 3 is 2.17 bits per heavy atom. The van der Waals surface area contributed by atoms with Crippen LogP contribution in [0.25, 0.3) is 0 Å². The number of nitrogens with two attached hydrogens (primary N) is 2. The minimum atomic E-state index is -1.24. The first-order valence-corrected chi connectivity index (χ1v) is 5.08. The second kappa shape index (κ2) is 7.22. The molecule has 0 fully saturated rings. The topological polar surface area (TPSA) is 165 Å². The van der Waals surface area contributed by atoms with Crippen LogP contribution in [0.3, 0.4) is 0 Å². The summed E-state index contributed by atoms with van der Waals surface area (Å²) in [7, 11) is 0. The van der Waals surface area contributed by atoms with Gasteiger partial charge in [0.15, 0.2) is 0 Å². The predicted molar refractivity (Wildman–Crippen MR) is 60.0 cm³/mol. The first kappa shape index (κ1) is 15.8. The fourth-order valence-corrected chi connectivity index (χ4v) is 1.04. The van der Waals surface area contributed by atoms with Gasteiger partial charge in [-0.25, -0.2) is 0 Å². The second-order valence-electron chi connectivity index (χ2n) is 3.56. The molecule has 0 bridgehead atoms. The van der Waals surface area contributed by atoms with E-state index >= 15 is 0 Å². The molecule has 3 amide bonds. The maximum absolute atomic E-state index is 11.6. The van der Waals surface area contributed by atoms with Crippen LogP contribution in [0.2, 0.25) is 0 Å². The summed E-state index contributed by atoms with van der Waals surface area (Å²) >= 11 is 0. The first-order chi connectivity index (χ1) is 8.27. The number of amides is 3. The molecule has 0 saturated carbocycles. The number of carboxylic acid groups (broad SMARTS) is 1. The van der Waals surface area contributed by atoms with Crippen molar-refractivity contribution >= 4 is 23.7 Å². The Hall–Kier alpha value is -2.16. The Labute approximate surface area is 103 Å². The Morgan fingerprint density at radius 1 is 1.22 bits per heavy atom. The summed E-state index contributed by atoms with van der Waals surface area (Å²) in [4.78, 5) is 43.9. The Bertz CT molecular complexity index is 357. The average Bonchev–Trinajstić information content (AvgIpc) is 2.26. The van der Waals surface area contributed by atoms with Crippen molar-refractivity contribution < 1.29 is 24.3 Å². The van der Waals surface area contributed by atoms with Gasteiger partial charge in [0, 0.05) is 0 Å². The van der Waals surface area contributed by atoms with Crippen LogP contribution in [0.1, 0.15) is 13.3 Å². The number of carbonyl (C=O) groups excluding carboxylic acids is 3. The van der Waals surface area contributed by atoms with Crippen LogP contribution in [0.5, 0.6) is 0 Å². The minimum absolute atomic E-state index is 0.364. The second-order valence-corrected chi connectivity index (χ2v) is 3.56. The highest BCUT2D eigenvalue weighted by Gasteiger charge is 2.25. The Kier molecular flexibility index (Phi) is 6.35. The summed E-state index contributed by atoms with van der Waals surface area (Å²) in [6.07, 6.45) is -0.441. The zero-order chi connectivity index (χ0) is 14.3. The molecule has 0 aliphatic heterocycles. The van der Waals surface area contributed by atoms with Gasteiger partial charge in [-0.05, 0) is 6.92 Å². The number of carbonyl (C=O) groups is 4. The molecule has 0 aromatic heterocycles. The van der Waals surface area contributed by atoms with E-state index in [1.807, 2.05) is 0 Å². The van der Waals surface area contributed by atoms with E-state index in [4.69, 9.17) is 16.6 Å². The van der Waals surface area contributed by atoms with E-state index in [0.29, 0.717) is 0 Å². The Balaban J connectivity index is 4.63. The largest absolute Gasteiger partial charge is 0.480 e. The van der Waals surface area contributed by atoms with E-state index in [9.17, 15) is 19.2 Å². The lowest BCUT2D eigenvalue weighted by Crippen LogP contribution is -2.53. The van der Waals surface area contributed by atoms with Crippen LogP contribution in [0, 0.1) is 0 Å². The zero-order valence-electron chi connectivity index (χ0n) is 9.80. The van der Waals surface area contributed by atoms with E-state index in [1.54, 1.807) is 0 Å². The molecule has 9 nitrogen and oxygen atoms in total. The highest BCUT2D eigenvalue weighted by molar-refractivity contribution is 5.93. The highest BCUT2D eigenvalue weighted by Crippen LogP contribution is 1.94. The van der Waals surface area contributed by atoms with E-state index < -0.39 is 42.2 Å². The fourth-order valence-electron chi connectivity index (χ4n) is 1.04. The van der Waals surface area contributed by atoms with Crippen LogP contribution >= 0.6 is 0 Å². The van der Waals surface area contributed by atoms with Gasteiger partial charge in [0.2, 0.25) is 17.7 Å². The van der Waals surface area contributed by atoms with Gasteiger partial charge in [-0.3, -0.25) is 19.2 Å². The molecule has 9 heteroatoms. The molecule has 102 valence electrons. The molecule has 0 heterocycles. The molecule has 0 aromatic carbocycles. The van der Waals surface area contributed by atoms with E-state index in [-0.39, 0.29) is 6.54 Å². The van der Waals surface area contributed by atoms with Gasteiger partial charge in [0.1, 0.15) is 12.1 Å². The lowest BCUT2D eigenvalue weighted by atomic mass is 10.1. The van der Waals surface area contributed by atoms with Crippen molar-refractivity contribution in [3.05, 3.63) is 0 Å². The lowest BCUT2D eigenvalue weighted by Gasteiger charge is -2.18. The first-order valence-electron chi connectivity index (χ1n) is 5.08. The molecule has 0 saturated heterocycles. The number of hydrogen-bond acceptors (Lipinski definition) is 5. The molecule has 0 radical (unpaired) electrons. The quantitative estimate of drug-likeness (QED) is 0.325. The number of aliphatic carboxylic acids is 1. The molecule has 18 heavy (non-hydrogen) atoms. The Morgan fingerprint density at radius 2 is 1.78 bits per heavy atom. The third-order valence-electron chi connectivity index (χ3n) is 1.97. The minimum Gasteiger partial charge on any atom is -0.480 e. The van der Waals surface area contributed by atoms with Crippen molar-refractivity contribution in [3.63, 3.8) is 0 Å². The maximum Gasteiger partial charge on any atom is 0.325 e. The van der Waals surface area contributed by atoms with Gasteiger partial charge in [-0.2, -0.15) is 0 Å². The van der Waals surface area contributed by atoms with Crippen LogP contribution in [-0.4, -0.2) is 47.4 Å². The number of nitrogens with one attached hydrogen (secondary N) is 2. The standard InChI is InChI=1S/C9H16N4O5/c1-4(9(17)18)12-8(16)5(2-6(11)14)13-7(15)3-10/h4-5H,2-3,10H2,1H3,(H2,11,14)(H,12,16)(H,13,15)(H,17,18)/t4-,5-/m0/s1. The zero-order valence-corrected chi connectivity index (χ0v) is 9.80. The van der Waals surface area contributed by atoms with Crippen LogP contribution < -0.4 is 22.1 Å². The van der Waals surface area contributed by atoms with Crippen molar-refractivity contribution in [2.45, 2.75) is 25.4 Å². The van der Waals surface area contributed by atoms with E-state index in [1.165, 1.54) is 6.92 Å². The summed E-state index contributed by atoms with van der Waals surface area (Å²) in [6, 6.07) is -2.39. The molecule has 0 unspecified atom stereocenters. The summed E-state index contributed by atoms with van der Waals surface area (Å²) in [5.41, 5.74) is 9.97. The summed E-state index contributed by atoms with van der Waals surface area (Å²) < 4.78 is 0. The maximum atomic E-state index is 11.6. The van der Waals surface area contributed by atoms with Gasteiger partial charge < -0.3 is 27.2 Å². The number of hydrogen-bond donors (Lipinski definition) is 5. The summed E-state index contributed by atoms with van der Waals surface area (Å²) in [5.74, 6) is -3.52. The van der Waals surface area contributed by atoms with Crippen molar-refractivity contribution in [2.75, 3.05) is 6.54 Å². The van der Waals surface area contributed by atoms with Crippen LogP contribution in [0.15, 0.2) is 0 Å². The molecule has 0 aliphatic carbocycles. The predicted octanol–water partition coefficient (Wildman–Crippen LogP) is -3.11. The van der Waals surface area contributed by atoms with Crippen molar-refractivity contribution in [2.24, 2.45) is 11.5 Å². The van der Waals surface area contributed by atoms with E-state index in [2.05, 4.69) is 10.6 Å². The molecule has 0 aromatic rings. The smallest absolute Gasteiger partial charge is 0.325 e. The van der Waals surface area contributed by atoms with Gasteiger partial charge in [0.25, 0.3) is 0 Å². The normalized spacial score (nSPS) is 13.2. The molecule has 7 N–H and O–H groups in total. The van der Waals surface area contributed by atoms with Gasteiger partial charge in [-0.15, -0.1) is 0 Å². The number of rotatable bonds is 7. The third-order valence-corrected chi connectivity index (χ3v) is 1.97. The fraction of sp³-hybridized carbons (Fsp3) is 0.556. The van der Waals surface area contributed by atoms with E-state index in [0.717, 1.165) is 0 Å². The monoisotopic (exact) mass is 260 g/mol. The summed E-state index contributed by atoms with van der Waals surface area (Å²) in [6.45, 7) is 0.878. The molecule has 0 aliphatic rings.